The first-order chi connectivity index (χ1) is 61.3. The summed E-state index contributed by atoms with van der Waals surface area (Å²) in [6, 6.07) is 148. The lowest BCUT2D eigenvalue weighted by Crippen LogP contribution is -2.54. The van der Waals surface area contributed by atoms with Crippen molar-refractivity contribution in [3.8, 4) is 0 Å². The van der Waals surface area contributed by atoms with E-state index in [2.05, 4.69) is 230 Å². The van der Waals surface area contributed by atoms with Crippen molar-refractivity contribution in [2.24, 2.45) is 0 Å². The molecule has 0 bridgehead atoms. The molecule has 8 nitrogen and oxygen atoms in total. The Hall–Kier alpha value is -15.8. The molecular formula is C111H84F6N8. The number of hydrogen-bond acceptors (Lipinski definition) is 8. The van der Waals surface area contributed by atoms with Crippen LogP contribution in [0.15, 0.2) is 491 Å². The van der Waals surface area contributed by atoms with E-state index in [-0.39, 0.29) is 0 Å². The van der Waals surface area contributed by atoms with E-state index in [9.17, 15) is 0 Å². The monoisotopic (exact) mass is 1640 g/mol. The maximum absolute atomic E-state index is 16.5. The van der Waals surface area contributed by atoms with Crippen molar-refractivity contribution in [1.82, 2.24) is 0 Å². The summed E-state index contributed by atoms with van der Waals surface area (Å²) in [7, 11) is 0. The first-order valence-electron chi connectivity index (χ1n) is 41.5. The molecule has 610 valence electrons. The Labute approximate surface area is 724 Å². The van der Waals surface area contributed by atoms with E-state index >= 15 is 26.3 Å². The summed E-state index contributed by atoms with van der Waals surface area (Å²) in [5.74, 6) is 0. The van der Waals surface area contributed by atoms with Gasteiger partial charge < -0.3 is 39.2 Å². The quantitative estimate of drug-likeness (QED) is 0.0495. The number of alkyl halides is 6. The first-order valence-corrected chi connectivity index (χ1v) is 41.5. The van der Waals surface area contributed by atoms with Gasteiger partial charge in [-0.15, -0.1) is 0 Å². The fraction of sp³-hybridized carbons (Fsp3) is 0.0450. The molecule has 0 aromatic heterocycles. The Balaban J connectivity index is 0.676. The Kier molecular flexibility index (Phi) is 23.0. The average Bonchev–Trinajstić information content (AvgIpc) is 0.712. The molecule has 0 amide bonds. The molecule has 1 aliphatic carbocycles. The molecule has 17 aromatic rings. The number of benzene rings is 17. The lowest BCUT2D eigenvalue weighted by molar-refractivity contribution is -0.288. The zero-order chi connectivity index (χ0) is 85.1. The van der Waals surface area contributed by atoms with Gasteiger partial charge in [-0.1, -0.05) is 200 Å². The summed E-state index contributed by atoms with van der Waals surface area (Å²) in [5, 5.41) is 0. The maximum atomic E-state index is 16.5. The molecule has 0 N–H and O–H groups in total. The number of anilines is 23. The highest BCUT2D eigenvalue weighted by Crippen LogP contribution is 2.58. The van der Waals surface area contributed by atoms with Crippen LogP contribution in [0.25, 0.3) is 0 Å². The second-order valence-corrected chi connectivity index (χ2v) is 30.3. The molecule has 0 fully saturated rings. The van der Waals surface area contributed by atoms with Crippen LogP contribution < -0.4 is 39.2 Å². The van der Waals surface area contributed by atoms with E-state index in [4.69, 9.17) is 0 Å². The summed E-state index contributed by atoms with van der Waals surface area (Å²) in [6.07, 6.45) is -3.55. The van der Waals surface area contributed by atoms with Gasteiger partial charge in [0.15, 0.2) is 0 Å². The van der Waals surface area contributed by atoms with Crippen LogP contribution in [0, 0.1) is 0 Å². The van der Waals surface area contributed by atoms with Crippen molar-refractivity contribution >= 4 is 131 Å². The third-order valence-corrected chi connectivity index (χ3v) is 22.6. The second-order valence-electron chi connectivity index (χ2n) is 30.3. The van der Waals surface area contributed by atoms with Crippen molar-refractivity contribution in [3.63, 3.8) is 0 Å². The zero-order valence-corrected chi connectivity index (χ0v) is 67.9. The molecule has 18 rings (SSSR count). The van der Waals surface area contributed by atoms with Gasteiger partial charge in [-0.25, -0.2) is 0 Å². The molecule has 0 atom stereocenters. The Bertz CT molecular complexity index is 6170. The fourth-order valence-electron chi connectivity index (χ4n) is 16.8. The molecule has 0 spiro atoms. The Morgan fingerprint density at radius 3 is 0.440 bits per heavy atom. The van der Waals surface area contributed by atoms with Crippen LogP contribution in [0.2, 0.25) is 0 Å². The fourth-order valence-corrected chi connectivity index (χ4v) is 16.8. The summed E-state index contributed by atoms with van der Waals surface area (Å²) in [5.41, 5.74) is 13.4. The summed E-state index contributed by atoms with van der Waals surface area (Å²) >= 11 is 0. The van der Waals surface area contributed by atoms with Crippen molar-refractivity contribution in [2.45, 2.75) is 30.6 Å². The highest BCUT2D eigenvalue weighted by atomic mass is 19.4. The van der Waals surface area contributed by atoms with Gasteiger partial charge >= 0.3 is 12.4 Å². The summed E-state index contributed by atoms with van der Waals surface area (Å²) in [4.78, 5) is 16.8. The van der Waals surface area contributed by atoms with Crippen LogP contribution in [-0.2, 0) is 5.41 Å². The third-order valence-electron chi connectivity index (χ3n) is 22.6. The Morgan fingerprint density at radius 1 is 0.160 bits per heavy atom. The van der Waals surface area contributed by atoms with Crippen LogP contribution in [-0.4, -0.2) is 12.4 Å². The van der Waals surface area contributed by atoms with Crippen LogP contribution in [0.5, 0.6) is 0 Å². The van der Waals surface area contributed by atoms with Gasteiger partial charge in [-0.05, 0) is 309 Å². The highest BCUT2D eigenvalue weighted by molar-refractivity contribution is 5.89. The topological polar surface area (TPSA) is 25.9 Å². The summed E-state index contributed by atoms with van der Waals surface area (Å²) in [6.45, 7) is 0. The smallest absolute Gasteiger partial charge is 0.314 e. The van der Waals surface area contributed by atoms with Gasteiger partial charge in [0.1, 0.15) is 0 Å². The largest absolute Gasteiger partial charge is 0.411 e. The van der Waals surface area contributed by atoms with E-state index in [1.54, 1.807) is 0 Å². The highest BCUT2D eigenvalue weighted by Gasteiger charge is 2.72. The van der Waals surface area contributed by atoms with E-state index < -0.39 is 28.9 Å². The van der Waals surface area contributed by atoms with E-state index in [0.717, 1.165) is 134 Å². The minimum atomic E-state index is -5.89. The van der Waals surface area contributed by atoms with Gasteiger partial charge in [0, 0.05) is 137 Å². The molecule has 0 saturated carbocycles. The minimum absolute atomic E-state index is 0.320. The van der Waals surface area contributed by atoms with Crippen LogP contribution in [0.3, 0.4) is 0 Å². The van der Waals surface area contributed by atoms with Gasteiger partial charge in [0.25, 0.3) is 0 Å². The van der Waals surface area contributed by atoms with Crippen molar-refractivity contribution in [3.05, 3.63) is 502 Å². The predicted molar refractivity (Wildman–Crippen MR) is 504 cm³/mol. The molecule has 0 unspecified atom stereocenters. The van der Waals surface area contributed by atoms with Gasteiger partial charge in [0.2, 0.25) is 5.41 Å². The standard InChI is InChI=1S/C111H84F6N8/c112-110(113,114)109(111(115,116)117,83-51-55-95(56-52-83)122(93-47-27-9-28-48-93)101-67-79-107(80-68-101)124(103-71-59-97(60-72-103)118(85-31-11-1-12-32-85)86-33-13-2-14-34-86)104-73-61-98(62-74-104)119(87-35-15-3-16-36-87)88-37-17-4-18-38-88)84-53-57-96(58-54-84)123(94-49-29-10-30-50-94)102-69-81-108(82-70-102)125(105-75-63-99(64-76-105)120(89-39-19-5-20-40-89)90-41-21-6-22-42-90)106-77-65-100(66-78-106)121(91-43-23-7-24-44-91)92-45-25-8-26-46-92/h1-25,27-45,47-82H,26,46H2. The van der Waals surface area contributed by atoms with E-state index in [1.807, 2.05) is 246 Å². The number of halogens is 6. The number of rotatable bonds is 26. The van der Waals surface area contributed by atoms with Gasteiger partial charge in [-0.2, -0.15) is 26.3 Å². The molecule has 125 heavy (non-hydrogen) atoms. The Morgan fingerprint density at radius 2 is 0.296 bits per heavy atom. The molecule has 0 radical (unpaired) electrons. The molecule has 14 heteroatoms. The number of hydrogen-bond donors (Lipinski definition) is 0. The average molecular weight is 1640 g/mol. The maximum Gasteiger partial charge on any atom is 0.411 e. The normalized spacial score (nSPS) is 12.0. The number of para-hydroxylation sites is 9. The molecular weight excluding hydrogens is 1560 g/mol. The molecule has 0 aliphatic heterocycles. The molecule has 17 aromatic carbocycles. The SMILES string of the molecule is FC(F)(F)C(c1ccc(N(c2ccccc2)c2ccc(N(c3ccc(N(C4=CC=CCC4)c4ccccc4)cc3)c3ccc(N(c4ccccc4)c4ccccc4)cc3)cc2)cc1)(c1ccc(N(c2ccccc2)c2ccc(N(c3ccc(N(c4ccccc4)c4ccccc4)cc3)c3ccc(N(c4ccccc4)c4ccccc4)cc3)cc2)cc1)C(F)(F)F. The van der Waals surface area contributed by atoms with Crippen LogP contribution in [0.1, 0.15) is 24.0 Å². The lowest BCUT2D eigenvalue weighted by Gasteiger charge is -2.39. The number of nitrogens with zero attached hydrogens (tertiary/aromatic N) is 8. The molecule has 0 heterocycles. The van der Waals surface area contributed by atoms with Crippen molar-refractivity contribution in [1.29, 1.82) is 0 Å². The van der Waals surface area contributed by atoms with Gasteiger partial charge in [-0.3, -0.25) is 0 Å². The lowest BCUT2D eigenvalue weighted by atomic mass is 9.72. The molecule has 1 aliphatic rings. The van der Waals surface area contributed by atoms with E-state index in [1.165, 1.54) is 30.0 Å². The van der Waals surface area contributed by atoms with Gasteiger partial charge in [0.05, 0.1) is 0 Å². The predicted octanol–water partition coefficient (Wildman–Crippen LogP) is 32.8. The van der Waals surface area contributed by atoms with Crippen molar-refractivity contribution in [2.75, 3.05) is 39.2 Å². The molecule has 0 saturated heterocycles. The second kappa shape index (κ2) is 35.9. The van der Waals surface area contributed by atoms with E-state index in [0.29, 0.717) is 34.1 Å². The third kappa shape index (κ3) is 16.7. The van der Waals surface area contributed by atoms with Crippen LogP contribution >= 0.6 is 0 Å². The zero-order valence-electron chi connectivity index (χ0n) is 67.9. The van der Waals surface area contributed by atoms with Crippen LogP contribution in [0.4, 0.5) is 157 Å². The number of allylic oxidation sites excluding steroid dienone is 4. The van der Waals surface area contributed by atoms with Crippen molar-refractivity contribution < 1.29 is 26.3 Å². The first kappa shape index (κ1) is 80.3. The minimum Gasteiger partial charge on any atom is -0.314 e. The summed E-state index contributed by atoms with van der Waals surface area (Å²) < 4.78 is 99.3.